The van der Waals surface area contributed by atoms with Crippen LogP contribution in [0.4, 0.5) is 0 Å². The first-order valence-corrected chi connectivity index (χ1v) is 5.57. The summed E-state index contributed by atoms with van der Waals surface area (Å²) in [4.78, 5) is 35.5. The molecule has 19 heavy (non-hydrogen) atoms. The van der Waals surface area contributed by atoms with Crippen LogP contribution in [0.1, 0.15) is 48.2 Å². The van der Waals surface area contributed by atoms with E-state index in [1.165, 1.54) is 13.0 Å². The first-order valence-electron chi connectivity index (χ1n) is 5.57. The molecule has 0 radical (unpaired) electrons. The number of carbonyl (C=O) groups excluding carboxylic acids is 2. The van der Waals surface area contributed by atoms with Crippen molar-refractivity contribution < 1.29 is 23.9 Å². The first-order chi connectivity index (χ1) is 9.02. The number of hydrogen-bond acceptors (Lipinski definition) is 4. The van der Waals surface area contributed by atoms with Gasteiger partial charge in [-0.15, -0.1) is 0 Å². The second-order valence-electron chi connectivity index (χ2n) is 4.27. The molecule has 0 amide bonds. The van der Waals surface area contributed by atoms with Gasteiger partial charge < -0.3 is 9.52 Å². The monoisotopic (exact) mass is 256 g/mol. The maximum Gasteiger partial charge on any atom is 0.372 e. The number of fused-ring (bicyclic) bond motifs is 2. The van der Waals surface area contributed by atoms with Crippen molar-refractivity contribution in [1.82, 2.24) is 0 Å². The predicted octanol–water partition coefficient (Wildman–Crippen LogP) is 2.06. The molecule has 1 aliphatic carbocycles. The Balaban J connectivity index is 2.33. The number of rotatable bonds is 1. The lowest BCUT2D eigenvalue weighted by atomic mass is 9.87. The van der Waals surface area contributed by atoms with E-state index in [0.717, 1.165) is 0 Å². The van der Waals surface area contributed by atoms with E-state index in [0.29, 0.717) is 0 Å². The molecule has 1 heterocycles. The van der Waals surface area contributed by atoms with E-state index in [1.54, 1.807) is 18.2 Å². The maximum absolute atomic E-state index is 12.3. The molecular weight excluding hydrogens is 248 g/mol. The van der Waals surface area contributed by atoms with E-state index in [-0.39, 0.29) is 39.6 Å². The summed E-state index contributed by atoms with van der Waals surface area (Å²) in [7, 11) is 0. The summed E-state index contributed by atoms with van der Waals surface area (Å²) in [5, 5.41) is 8.99. The lowest BCUT2D eigenvalue weighted by Gasteiger charge is -2.12. The maximum atomic E-state index is 12.3. The van der Waals surface area contributed by atoms with E-state index in [4.69, 9.17) is 9.52 Å². The van der Waals surface area contributed by atoms with Gasteiger partial charge in [-0.1, -0.05) is 24.3 Å². The van der Waals surface area contributed by atoms with Crippen LogP contribution < -0.4 is 0 Å². The Kier molecular flexibility index (Phi) is 2.19. The van der Waals surface area contributed by atoms with Gasteiger partial charge in [0.1, 0.15) is 0 Å². The van der Waals surface area contributed by atoms with Crippen LogP contribution in [-0.2, 0) is 0 Å². The van der Waals surface area contributed by atoms with Crippen molar-refractivity contribution in [3.8, 4) is 0 Å². The summed E-state index contributed by atoms with van der Waals surface area (Å²) < 4.78 is 5.07. The third-order valence-corrected chi connectivity index (χ3v) is 3.19. The van der Waals surface area contributed by atoms with E-state index < -0.39 is 11.8 Å². The number of furan rings is 1. The van der Waals surface area contributed by atoms with Gasteiger partial charge >= 0.3 is 5.97 Å². The Labute approximate surface area is 107 Å². The molecule has 1 aromatic heterocycles. The van der Waals surface area contributed by atoms with Crippen molar-refractivity contribution in [1.29, 1.82) is 0 Å². The van der Waals surface area contributed by atoms with Gasteiger partial charge in [0.2, 0.25) is 11.5 Å². The van der Waals surface area contributed by atoms with E-state index in [2.05, 4.69) is 0 Å². The molecule has 1 N–H and O–H groups in total. The molecule has 1 aliphatic rings. The molecule has 3 rings (SSSR count). The minimum absolute atomic E-state index is 0.0566. The quantitative estimate of drug-likeness (QED) is 0.720. The molecule has 0 saturated heterocycles. The Hall–Kier alpha value is -2.69. The minimum Gasteiger partial charge on any atom is -0.475 e. The van der Waals surface area contributed by atoms with Crippen molar-refractivity contribution in [2.75, 3.05) is 0 Å². The molecular formula is C14H8O5. The second-order valence-corrected chi connectivity index (χ2v) is 4.27. The fourth-order valence-electron chi connectivity index (χ4n) is 2.29. The minimum atomic E-state index is -1.29. The van der Waals surface area contributed by atoms with Crippen LogP contribution >= 0.6 is 0 Å². The van der Waals surface area contributed by atoms with Gasteiger partial charge in [0.15, 0.2) is 11.5 Å². The highest BCUT2D eigenvalue weighted by Crippen LogP contribution is 2.32. The molecule has 0 aliphatic heterocycles. The van der Waals surface area contributed by atoms with Crippen molar-refractivity contribution in [3.63, 3.8) is 0 Å². The zero-order valence-electron chi connectivity index (χ0n) is 9.89. The zero-order chi connectivity index (χ0) is 13.7. The molecule has 1 aromatic carbocycles. The highest BCUT2D eigenvalue weighted by molar-refractivity contribution is 6.28. The Morgan fingerprint density at radius 1 is 1.11 bits per heavy atom. The number of carbonyl (C=O) groups is 3. The lowest BCUT2D eigenvalue weighted by Crippen LogP contribution is -2.19. The summed E-state index contributed by atoms with van der Waals surface area (Å²) >= 11 is 0. The van der Waals surface area contributed by atoms with Gasteiger partial charge in [0.05, 0.1) is 5.56 Å². The highest BCUT2D eigenvalue weighted by Gasteiger charge is 2.36. The fourth-order valence-corrected chi connectivity index (χ4v) is 2.29. The Bertz CT molecular complexity index is 751. The number of carboxylic acid groups (broad SMARTS) is 1. The fraction of sp³-hybridized carbons (Fsp3) is 0.0714. The standard InChI is InChI=1S/C14H8O5/c1-6-9-10(15)7-4-2-3-5-8(7)11(16)13(9)19-12(6)14(17)18/h2-5H,1H3,(H,17,18). The van der Waals surface area contributed by atoms with Crippen molar-refractivity contribution in [2.45, 2.75) is 6.92 Å². The number of hydrogen-bond donors (Lipinski definition) is 1. The predicted molar refractivity (Wildman–Crippen MR) is 63.7 cm³/mol. The Morgan fingerprint density at radius 2 is 1.68 bits per heavy atom. The summed E-state index contributed by atoms with van der Waals surface area (Å²) in [6.45, 7) is 1.46. The summed E-state index contributed by atoms with van der Waals surface area (Å²) in [5.74, 6) is -2.67. The summed E-state index contributed by atoms with van der Waals surface area (Å²) in [5.41, 5.74) is 0.767. The third kappa shape index (κ3) is 1.38. The van der Waals surface area contributed by atoms with Gasteiger partial charge in [0, 0.05) is 16.7 Å². The first kappa shape index (κ1) is 11.4. The average Bonchev–Trinajstić information content (AvgIpc) is 2.74. The highest BCUT2D eigenvalue weighted by atomic mass is 16.4. The van der Waals surface area contributed by atoms with Crippen LogP contribution in [0, 0.1) is 6.92 Å². The van der Waals surface area contributed by atoms with Gasteiger partial charge in [-0.25, -0.2) is 4.79 Å². The number of aromatic carboxylic acids is 1. The largest absolute Gasteiger partial charge is 0.475 e. The Morgan fingerprint density at radius 3 is 2.26 bits per heavy atom. The van der Waals surface area contributed by atoms with Gasteiger partial charge in [-0.2, -0.15) is 0 Å². The molecule has 94 valence electrons. The van der Waals surface area contributed by atoms with E-state index in [1.807, 2.05) is 0 Å². The van der Waals surface area contributed by atoms with Crippen molar-refractivity contribution in [2.24, 2.45) is 0 Å². The van der Waals surface area contributed by atoms with Crippen LogP contribution in [0.15, 0.2) is 28.7 Å². The molecule has 0 atom stereocenters. The molecule has 0 unspecified atom stereocenters. The summed E-state index contributed by atoms with van der Waals surface area (Å²) in [6, 6.07) is 6.37. The number of benzene rings is 1. The van der Waals surface area contributed by atoms with E-state index in [9.17, 15) is 14.4 Å². The molecule has 0 bridgehead atoms. The second kappa shape index (κ2) is 3.65. The normalized spacial score (nSPS) is 13.1. The molecule has 0 saturated carbocycles. The van der Waals surface area contributed by atoms with Crippen LogP contribution in [0.2, 0.25) is 0 Å². The molecule has 5 nitrogen and oxygen atoms in total. The topological polar surface area (TPSA) is 84.6 Å². The van der Waals surface area contributed by atoms with Crippen LogP contribution in [-0.4, -0.2) is 22.6 Å². The molecule has 0 spiro atoms. The zero-order valence-corrected chi connectivity index (χ0v) is 9.89. The van der Waals surface area contributed by atoms with Crippen LogP contribution in [0.5, 0.6) is 0 Å². The lowest BCUT2D eigenvalue weighted by molar-refractivity contribution is 0.0659. The van der Waals surface area contributed by atoms with Gasteiger partial charge in [-0.05, 0) is 6.92 Å². The smallest absolute Gasteiger partial charge is 0.372 e. The van der Waals surface area contributed by atoms with Gasteiger partial charge in [-0.3, -0.25) is 9.59 Å². The molecule has 0 fully saturated rings. The van der Waals surface area contributed by atoms with Crippen LogP contribution in [0.25, 0.3) is 0 Å². The van der Waals surface area contributed by atoms with Gasteiger partial charge in [0.25, 0.3) is 0 Å². The SMILES string of the molecule is Cc1c(C(=O)O)oc2c1C(=O)c1ccccc1C2=O. The molecule has 5 heteroatoms. The van der Waals surface area contributed by atoms with E-state index >= 15 is 0 Å². The van der Waals surface area contributed by atoms with Crippen molar-refractivity contribution in [3.05, 3.63) is 58.0 Å². The third-order valence-electron chi connectivity index (χ3n) is 3.19. The number of ketones is 2. The van der Waals surface area contributed by atoms with Crippen molar-refractivity contribution >= 4 is 17.5 Å². The van der Waals surface area contributed by atoms with Crippen LogP contribution in [0.3, 0.4) is 0 Å². The number of carboxylic acids is 1. The molecule has 2 aromatic rings. The summed E-state index contributed by atoms with van der Waals surface area (Å²) in [6.07, 6.45) is 0. The average molecular weight is 256 g/mol.